The molecular weight excluding hydrogens is 975 g/mol. The SMILES string of the molecule is CCCCCCCC/C=C\CCCCCCCC(=O)OCC(COC(=O)CCCCCCC/C=C\CCCCCCCC)(COC(=O)CCCCCCC/C=C\CCCCCCCC)COC(=O)CCCCN1CCOCC1. The molecule has 0 aromatic rings. The van der Waals surface area contributed by atoms with Gasteiger partial charge in [-0.3, -0.25) is 24.1 Å². The van der Waals surface area contributed by atoms with E-state index in [-0.39, 0.29) is 76.0 Å². The summed E-state index contributed by atoms with van der Waals surface area (Å²) in [7, 11) is 0. The molecule has 1 rings (SSSR count). The van der Waals surface area contributed by atoms with Gasteiger partial charge in [0.2, 0.25) is 0 Å². The third-order valence-electron chi connectivity index (χ3n) is 15.3. The molecule has 0 aromatic carbocycles. The van der Waals surface area contributed by atoms with Crippen LogP contribution in [-0.2, 0) is 42.9 Å². The van der Waals surface area contributed by atoms with Crippen LogP contribution in [-0.4, -0.2) is 88.1 Å². The normalized spacial score (nSPS) is 13.3. The van der Waals surface area contributed by atoms with E-state index < -0.39 is 5.41 Å². The zero-order valence-electron chi connectivity index (χ0n) is 51.3. The Morgan fingerprint density at radius 1 is 0.333 bits per heavy atom. The summed E-state index contributed by atoms with van der Waals surface area (Å²) >= 11 is 0. The van der Waals surface area contributed by atoms with Gasteiger partial charge in [-0.1, -0.05) is 211 Å². The largest absolute Gasteiger partial charge is 0.465 e. The fourth-order valence-corrected chi connectivity index (χ4v) is 9.92. The maximum atomic E-state index is 13.3. The Hall–Kier alpha value is -2.98. The molecule has 0 spiro atoms. The summed E-state index contributed by atoms with van der Waals surface area (Å²) in [5.41, 5.74) is -1.24. The van der Waals surface area contributed by atoms with E-state index in [2.05, 4.69) is 62.1 Å². The number of carbonyl (C=O) groups is 4. The second-order valence-electron chi connectivity index (χ2n) is 23.1. The zero-order chi connectivity index (χ0) is 56.3. The fourth-order valence-electron chi connectivity index (χ4n) is 9.92. The first-order valence-corrected chi connectivity index (χ1v) is 33.2. The topological polar surface area (TPSA) is 118 Å². The van der Waals surface area contributed by atoms with Crippen molar-refractivity contribution in [2.24, 2.45) is 5.41 Å². The highest BCUT2D eigenvalue weighted by molar-refractivity contribution is 5.71. The molecule has 0 unspecified atom stereocenters. The van der Waals surface area contributed by atoms with E-state index in [9.17, 15) is 19.2 Å². The van der Waals surface area contributed by atoms with Gasteiger partial charge in [0.1, 0.15) is 31.8 Å². The highest BCUT2D eigenvalue weighted by atomic mass is 16.6. The number of hydrogen-bond donors (Lipinski definition) is 0. The van der Waals surface area contributed by atoms with Crippen LogP contribution in [0.25, 0.3) is 0 Å². The van der Waals surface area contributed by atoms with E-state index in [4.69, 9.17) is 23.7 Å². The van der Waals surface area contributed by atoms with Crippen molar-refractivity contribution in [3.05, 3.63) is 36.5 Å². The Morgan fingerprint density at radius 2 is 0.564 bits per heavy atom. The number of nitrogens with zero attached hydrogens (tertiary/aromatic N) is 1. The van der Waals surface area contributed by atoms with Gasteiger partial charge in [0.05, 0.1) is 13.2 Å². The van der Waals surface area contributed by atoms with Crippen molar-refractivity contribution in [2.45, 2.75) is 310 Å². The molecule has 454 valence electrons. The number of rotatable bonds is 58. The van der Waals surface area contributed by atoms with E-state index in [1.165, 1.54) is 135 Å². The summed E-state index contributed by atoms with van der Waals surface area (Å²) in [5.74, 6) is -1.44. The molecule has 1 heterocycles. The molecule has 1 aliphatic rings. The number of morpholine rings is 1. The first-order chi connectivity index (χ1) is 38.3. The van der Waals surface area contributed by atoms with Crippen molar-refractivity contribution in [1.82, 2.24) is 4.90 Å². The summed E-state index contributed by atoms with van der Waals surface area (Å²) in [5, 5.41) is 0. The van der Waals surface area contributed by atoms with Gasteiger partial charge >= 0.3 is 23.9 Å². The van der Waals surface area contributed by atoms with Crippen LogP contribution in [0.4, 0.5) is 0 Å². The molecule has 1 saturated heterocycles. The van der Waals surface area contributed by atoms with Gasteiger partial charge in [0.15, 0.2) is 0 Å². The van der Waals surface area contributed by atoms with Crippen LogP contribution < -0.4 is 0 Å². The third-order valence-corrected chi connectivity index (χ3v) is 15.3. The molecule has 0 saturated carbocycles. The fraction of sp³-hybridized carbons (Fsp3) is 0.853. The Kier molecular flexibility index (Phi) is 53.6. The molecule has 0 aliphatic carbocycles. The lowest BCUT2D eigenvalue weighted by Gasteiger charge is -2.31. The number of allylic oxidation sites excluding steroid dienone is 6. The Labute approximate surface area is 480 Å². The van der Waals surface area contributed by atoms with Gasteiger partial charge in [-0.25, -0.2) is 0 Å². The predicted molar refractivity (Wildman–Crippen MR) is 326 cm³/mol. The number of unbranched alkanes of at least 4 members (excludes halogenated alkanes) is 34. The minimum absolute atomic E-state index is 0.192. The summed E-state index contributed by atoms with van der Waals surface area (Å²) in [4.78, 5) is 55.5. The molecular formula is C68H123NO9. The van der Waals surface area contributed by atoms with Crippen LogP contribution in [0.3, 0.4) is 0 Å². The number of hydrogen-bond acceptors (Lipinski definition) is 10. The molecule has 1 aliphatic heterocycles. The Balaban J connectivity index is 2.80. The van der Waals surface area contributed by atoms with E-state index in [0.29, 0.717) is 6.42 Å². The minimum Gasteiger partial charge on any atom is -0.465 e. The molecule has 0 radical (unpaired) electrons. The van der Waals surface area contributed by atoms with Gasteiger partial charge in [-0.15, -0.1) is 0 Å². The number of esters is 4. The van der Waals surface area contributed by atoms with E-state index in [1.807, 2.05) is 0 Å². The lowest BCUT2D eigenvalue weighted by molar-refractivity contribution is -0.170. The number of carbonyl (C=O) groups excluding carboxylic acids is 4. The average molecular weight is 1100 g/mol. The summed E-state index contributed by atoms with van der Waals surface area (Å²) in [6, 6.07) is 0. The van der Waals surface area contributed by atoms with E-state index in [1.54, 1.807) is 0 Å². The molecule has 0 atom stereocenters. The second-order valence-corrected chi connectivity index (χ2v) is 23.1. The molecule has 10 nitrogen and oxygen atoms in total. The molecule has 0 aromatic heterocycles. The molecule has 78 heavy (non-hydrogen) atoms. The summed E-state index contributed by atoms with van der Waals surface area (Å²) < 4.78 is 29.2. The van der Waals surface area contributed by atoms with Crippen LogP contribution in [0.1, 0.15) is 310 Å². The van der Waals surface area contributed by atoms with Crippen LogP contribution in [0.5, 0.6) is 0 Å². The second kappa shape index (κ2) is 57.3. The van der Waals surface area contributed by atoms with Crippen LogP contribution >= 0.6 is 0 Å². The molecule has 0 amide bonds. The Bertz CT molecular complexity index is 1320. The van der Waals surface area contributed by atoms with Gasteiger partial charge in [-0.05, 0) is 116 Å². The lowest BCUT2D eigenvalue weighted by Crippen LogP contribution is -2.44. The molecule has 1 fully saturated rings. The smallest absolute Gasteiger partial charge is 0.305 e. The highest BCUT2D eigenvalue weighted by Crippen LogP contribution is 2.24. The third kappa shape index (κ3) is 50.0. The van der Waals surface area contributed by atoms with Crippen LogP contribution in [0.2, 0.25) is 0 Å². The Morgan fingerprint density at radius 3 is 0.833 bits per heavy atom. The maximum Gasteiger partial charge on any atom is 0.305 e. The van der Waals surface area contributed by atoms with Crippen molar-refractivity contribution in [2.75, 3.05) is 59.3 Å². The van der Waals surface area contributed by atoms with E-state index in [0.717, 1.165) is 155 Å². The standard InChI is InChI=1S/C68H123NO9/c1-4-7-10-13-16-19-22-25-28-31-34-37-40-43-46-51-64(70)75-60-68(63-78-67(73)54-49-50-55-69-56-58-74-59-57-69,61-76-65(71)52-47-44-41-38-35-32-29-26-23-20-17-14-11-8-5-2)62-77-66(72)53-48-45-42-39-36-33-30-27-24-21-18-15-12-9-6-3/h25-30H,4-24,31-63H2,1-3H3/b28-25-,29-26-,30-27-. The van der Waals surface area contributed by atoms with Gasteiger partial charge < -0.3 is 23.7 Å². The van der Waals surface area contributed by atoms with E-state index >= 15 is 0 Å². The summed E-state index contributed by atoms with van der Waals surface area (Å²) in [6.45, 7) is 10.2. The van der Waals surface area contributed by atoms with Crippen LogP contribution in [0, 0.1) is 5.41 Å². The predicted octanol–water partition coefficient (Wildman–Crippen LogP) is 18.8. The lowest BCUT2D eigenvalue weighted by atomic mass is 9.92. The maximum absolute atomic E-state index is 13.3. The quantitative estimate of drug-likeness (QED) is 0.0252. The summed E-state index contributed by atoms with van der Waals surface area (Å²) in [6.07, 6.45) is 62.2. The minimum atomic E-state index is -1.24. The number of ether oxygens (including phenoxy) is 5. The van der Waals surface area contributed by atoms with Crippen molar-refractivity contribution in [3.8, 4) is 0 Å². The van der Waals surface area contributed by atoms with Crippen molar-refractivity contribution >= 4 is 23.9 Å². The first-order valence-electron chi connectivity index (χ1n) is 33.2. The van der Waals surface area contributed by atoms with Crippen molar-refractivity contribution in [1.29, 1.82) is 0 Å². The first kappa shape index (κ1) is 73.0. The zero-order valence-corrected chi connectivity index (χ0v) is 51.3. The molecule has 0 bridgehead atoms. The van der Waals surface area contributed by atoms with Gasteiger partial charge in [-0.2, -0.15) is 0 Å². The van der Waals surface area contributed by atoms with Gasteiger partial charge in [0.25, 0.3) is 0 Å². The van der Waals surface area contributed by atoms with Gasteiger partial charge in [0, 0.05) is 38.8 Å². The monoisotopic (exact) mass is 1100 g/mol. The molecule has 10 heteroatoms. The van der Waals surface area contributed by atoms with Crippen molar-refractivity contribution < 1.29 is 42.9 Å². The average Bonchev–Trinajstić information content (AvgIpc) is 3.45. The van der Waals surface area contributed by atoms with Crippen molar-refractivity contribution in [3.63, 3.8) is 0 Å². The molecule has 0 N–H and O–H groups in total. The van der Waals surface area contributed by atoms with Crippen LogP contribution in [0.15, 0.2) is 36.5 Å². The highest BCUT2D eigenvalue weighted by Gasteiger charge is 2.38.